The van der Waals surface area contributed by atoms with Crippen LogP contribution < -0.4 is 5.73 Å². The van der Waals surface area contributed by atoms with Gasteiger partial charge in [-0.1, -0.05) is 12.5 Å². The third-order valence-electron chi connectivity index (χ3n) is 3.18. The first-order valence-corrected chi connectivity index (χ1v) is 7.23. The quantitative estimate of drug-likeness (QED) is 0.822. The lowest BCUT2D eigenvalue weighted by Crippen LogP contribution is -2.22. The second kappa shape index (κ2) is 4.09. The Labute approximate surface area is 96.6 Å². The molecule has 1 fully saturated rings. The van der Waals surface area contributed by atoms with E-state index in [9.17, 15) is 8.42 Å². The molecule has 88 valence electrons. The van der Waals surface area contributed by atoms with Crippen LogP contribution in [0.15, 0.2) is 23.1 Å². The van der Waals surface area contributed by atoms with Crippen LogP contribution in [0.25, 0.3) is 0 Å². The summed E-state index contributed by atoms with van der Waals surface area (Å²) in [5.41, 5.74) is 7.03. The van der Waals surface area contributed by atoms with Gasteiger partial charge in [-0.15, -0.1) is 0 Å². The van der Waals surface area contributed by atoms with Crippen molar-refractivity contribution in [1.29, 1.82) is 0 Å². The van der Waals surface area contributed by atoms with E-state index in [0.29, 0.717) is 16.5 Å². The molecule has 16 heavy (non-hydrogen) atoms. The van der Waals surface area contributed by atoms with Crippen molar-refractivity contribution in [3.63, 3.8) is 0 Å². The molecule has 3 nitrogen and oxygen atoms in total. The molecular weight excluding hydrogens is 222 g/mol. The van der Waals surface area contributed by atoms with E-state index in [0.717, 1.165) is 24.8 Å². The van der Waals surface area contributed by atoms with Crippen LogP contribution in [0.1, 0.15) is 24.8 Å². The lowest BCUT2D eigenvalue weighted by molar-refractivity contribution is 0.347. The van der Waals surface area contributed by atoms with Crippen molar-refractivity contribution in [3.05, 3.63) is 23.8 Å². The Morgan fingerprint density at radius 2 is 2.06 bits per heavy atom. The Bertz CT molecular complexity index is 490. The van der Waals surface area contributed by atoms with Crippen LogP contribution in [-0.2, 0) is 9.84 Å². The molecule has 0 spiro atoms. The van der Waals surface area contributed by atoms with E-state index < -0.39 is 9.84 Å². The monoisotopic (exact) mass is 239 g/mol. The number of benzene rings is 1. The molecule has 0 aromatic heterocycles. The molecule has 0 heterocycles. The van der Waals surface area contributed by atoms with Crippen molar-refractivity contribution in [3.8, 4) is 0 Å². The van der Waals surface area contributed by atoms with E-state index in [1.807, 2.05) is 13.0 Å². The van der Waals surface area contributed by atoms with Gasteiger partial charge in [-0.25, -0.2) is 8.42 Å². The van der Waals surface area contributed by atoms with Gasteiger partial charge in [0, 0.05) is 0 Å². The summed E-state index contributed by atoms with van der Waals surface area (Å²) in [5, 5.41) is 0. The van der Waals surface area contributed by atoms with Gasteiger partial charge in [0.15, 0.2) is 9.84 Å². The molecule has 1 aromatic rings. The fraction of sp³-hybridized carbons (Fsp3) is 0.500. The van der Waals surface area contributed by atoms with E-state index in [1.165, 1.54) is 0 Å². The molecule has 1 aromatic carbocycles. The molecule has 0 amide bonds. The summed E-state index contributed by atoms with van der Waals surface area (Å²) in [7, 11) is -3.20. The third-order valence-corrected chi connectivity index (χ3v) is 5.12. The Morgan fingerprint density at radius 1 is 1.38 bits per heavy atom. The molecule has 1 aliphatic carbocycles. The zero-order chi connectivity index (χ0) is 11.8. The van der Waals surface area contributed by atoms with Crippen molar-refractivity contribution in [2.75, 3.05) is 11.5 Å². The van der Waals surface area contributed by atoms with Crippen molar-refractivity contribution in [2.45, 2.75) is 31.1 Å². The highest BCUT2D eigenvalue weighted by Crippen LogP contribution is 2.31. The van der Waals surface area contributed by atoms with Crippen LogP contribution >= 0.6 is 0 Å². The molecule has 2 rings (SSSR count). The minimum Gasteiger partial charge on any atom is -0.398 e. The van der Waals surface area contributed by atoms with Crippen molar-refractivity contribution in [1.82, 2.24) is 0 Å². The summed E-state index contributed by atoms with van der Waals surface area (Å²) >= 11 is 0. The summed E-state index contributed by atoms with van der Waals surface area (Å²) < 4.78 is 24.3. The average Bonchev–Trinajstić information content (AvgIpc) is 2.16. The highest BCUT2D eigenvalue weighted by Gasteiger charge is 2.27. The molecule has 0 bridgehead atoms. The molecular formula is C12H17NO2S. The summed E-state index contributed by atoms with van der Waals surface area (Å²) in [6, 6.07) is 5.17. The number of sulfone groups is 1. The SMILES string of the molecule is Cc1ccc(N)c(S(=O)(=O)CC2CCC2)c1. The number of anilines is 1. The molecule has 0 saturated heterocycles. The average molecular weight is 239 g/mol. The Balaban J connectivity index is 2.30. The van der Waals surface area contributed by atoms with E-state index in [4.69, 9.17) is 5.73 Å². The summed E-state index contributed by atoms with van der Waals surface area (Å²) in [6.45, 7) is 1.88. The van der Waals surface area contributed by atoms with E-state index in [-0.39, 0.29) is 5.75 Å². The fourth-order valence-corrected chi connectivity index (χ4v) is 3.90. The first-order valence-electron chi connectivity index (χ1n) is 5.58. The van der Waals surface area contributed by atoms with Gasteiger partial charge in [0.1, 0.15) is 0 Å². The zero-order valence-corrected chi connectivity index (χ0v) is 10.3. The second-order valence-corrected chi connectivity index (χ2v) is 6.62. The van der Waals surface area contributed by atoms with Crippen LogP contribution in [-0.4, -0.2) is 14.2 Å². The topological polar surface area (TPSA) is 60.2 Å². The van der Waals surface area contributed by atoms with E-state index in [1.54, 1.807) is 12.1 Å². The van der Waals surface area contributed by atoms with Crippen molar-refractivity contribution < 1.29 is 8.42 Å². The Morgan fingerprint density at radius 3 is 2.62 bits per heavy atom. The first-order chi connectivity index (χ1) is 7.49. The number of hydrogen-bond acceptors (Lipinski definition) is 3. The molecule has 0 radical (unpaired) electrons. The Hall–Kier alpha value is -1.03. The molecule has 0 aliphatic heterocycles. The van der Waals surface area contributed by atoms with Gasteiger partial charge < -0.3 is 5.73 Å². The highest BCUT2D eigenvalue weighted by atomic mass is 32.2. The third kappa shape index (κ3) is 2.21. The standard InChI is InChI=1S/C12H17NO2S/c1-9-5-6-11(13)12(7-9)16(14,15)8-10-3-2-4-10/h5-7,10H,2-4,8,13H2,1H3. The van der Waals surface area contributed by atoms with Crippen molar-refractivity contribution >= 4 is 15.5 Å². The van der Waals surface area contributed by atoms with Gasteiger partial charge >= 0.3 is 0 Å². The molecule has 0 atom stereocenters. The molecule has 0 unspecified atom stereocenters. The van der Waals surface area contributed by atoms with Crippen LogP contribution in [0.4, 0.5) is 5.69 Å². The highest BCUT2D eigenvalue weighted by molar-refractivity contribution is 7.91. The summed E-state index contributed by atoms with van der Waals surface area (Å²) in [5.74, 6) is 0.589. The van der Waals surface area contributed by atoms with Gasteiger partial charge in [0.25, 0.3) is 0 Å². The number of nitrogens with two attached hydrogens (primary N) is 1. The molecule has 4 heteroatoms. The lowest BCUT2D eigenvalue weighted by atomic mass is 9.87. The molecule has 2 N–H and O–H groups in total. The second-order valence-electron chi connectivity index (χ2n) is 4.62. The van der Waals surface area contributed by atoms with Gasteiger partial charge in [-0.3, -0.25) is 0 Å². The number of nitrogen functional groups attached to an aromatic ring is 1. The van der Waals surface area contributed by atoms with E-state index in [2.05, 4.69) is 0 Å². The predicted octanol–water partition coefficient (Wildman–Crippen LogP) is 2.15. The summed E-state index contributed by atoms with van der Waals surface area (Å²) in [4.78, 5) is 0.305. The zero-order valence-electron chi connectivity index (χ0n) is 9.44. The normalized spacial score (nSPS) is 17.1. The predicted molar refractivity (Wildman–Crippen MR) is 65.0 cm³/mol. The number of hydrogen-bond donors (Lipinski definition) is 1. The Kier molecular flexibility index (Phi) is 2.93. The smallest absolute Gasteiger partial charge is 0.180 e. The fourth-order valence-electron chi connectivity index (χ4n) is 1.97. The molecule has 1 saturated carbocycles. The van der Waals surface area contributed by atoms with Crippen molar-refractivity contribution in [2.24, 2.45) is 5.92 Å². The van der Waals surface area contributed by atoms with Crippen LogP contribution in [0, 0.1) is 12.8 Å². The first kappa shape index (κ1) is 11.5. The van der Waals surface area contributed by atoms with Gasteiger partial charge in [0.2, 0.25) is 0 Å². The van der Waals surface area contributed by atoms with Crippen LogP contribution in [0.2, 0.25) is 0 Å². The maximum Gasteiger partial charge on any atom is 0.180 e. The van der Waals surface area contributed by atoms with Crippen LogP contribution in [0.5, 0.6) is 0 Å². The minimum atomic E-state index is -3.20. The van der Waals surface area contributed by atoms with E-state index >= 15 is 0 Å². The van der Waals surface area contributed by atoms with Gasteiger partial charge in [0.05, 0.1) is 16.3 Å². The maximum absolute atomic E-state index is 12.1. The number of aryl methyl sites for hydroxylation is 1. The lowest BCUT2D eigenvalue weighted by Gasteiger charge is -2.25. The van der Waals surface area contributed by atoms with Crippen LogP contribution in [0.3, 0.4) is 0 Å². The largest absolute Gasteiger partial charge is 0.398 e. The van der Waals surface area contributed by atoms with Gasteiger partial charge in [-0.2, -0.15) is 0 Å². The van der Waals surface area contributed by atoms with Gasteiger partial charge in [-0.05, 0) is 43.4 Å². The maximum atomic E-state index is 12.1. The number of rotatable bonds is 3. The molecule has 1 aliphatic rings. The summed E-state index contributed by atoms with van der Waals surface area (Å²) in [6.07, 6.45) is 3.22. The minimum absolute atomic E-state index is 0.251.